The highest BCUT2D eigenvalue weighted by atomic mass is 32.2. The third kappa shape index (κ3) is 3.78. The molecule has 0 radical (unpaired) electrons. The smallest absolute Gasteiger partial charge is 0.366 e. The number of halogens is 3. The molecule has 3 fully saturated rings. The summed E-state index contributed by atoms with van der Waals surface area (Å²) in [6, 6.07) is 10.2. The molecule has 0 aliphatic carbocycles. The van der Waals surface area contributed by atoms with E-state index >= 15 is 0 Å². The van der Waals surface area contributed by atoms with Gasteiger partial charge >= 0.3 is 6.18 Å². The van der Waals surface area contributed by atoms with Crippen LogP contribution < -0.4 is 14.9 Å². The second-order valence-electron chi connectivity index (χ2n) is 9.93. The van der Waals surface area contributed by atoms with Crippen LogP contribution in [0.15, 0.2) is 47.4 Å². The van der Waals surface area contributed by atoms with E-state index in [0.29, 0.717) is 11.8 Å². The summed E-state index contributed by atoms with van der Waals surface area (Å²) in [4.78, 5) is 29.7. The SMILES string of the molecule is C[C@]12CN(c3cccc(S(N)(=O)=O)c3)C[C@](C)(O1)[C@@H]1C(=O)N(c3ccc(C#N)c(C(F)(F)F)c3)C(=O)[C@@H]12. The fourth-order valence-electron chi connectivity index (χ4n) is 5.93. The molecule has 2 aromatic carbocycles. The highest BCUT2D eigenvalue weighted by molar-refractivity contribution is 7.89. The lowest BCUT2D eigenvalue weighted by molar-refractivity contribution is -0.142. The molecule has 0 spiro atoms. The number of primary sulfonamides is 1. The minimum atomic E-state index is -4.85. The molecule has 194 valence electrons. The number of morpholine rings is 1. The molecule has 0 aromatic heterocycles. The van der Waals surface area contributed by atoms with Crippen molar-refractivity contribution < 1.29 is 35.9 Å². The normalized spacial score (nSPS) is 29.4. The molecule has 4 atom stereocenters. The third-order valence-electron chi connectivity index (χ3n) is 7.30. The summed E-state index contributed by atoms with van der Waals surface area (Å²) in [5.74, 6) is -3.36. The number of nitrogens with zero attached hydrogens (tertiary/aromatic N) is 3. The second kappa shape index (κ2) is 7.77. The van der Waals surface area contributed by atoms with Crippen molar-refractivity contribution in [2.24, 2.45) is 17.0 Å². The Morgan fingerprint density at radius 1 is 1.03 bits per heavy atom. The van der Waals surface area contributed by atoms with Crippen LogP contribution in [0.25, 0.3) is 0 Å². The van der Waals surface area contributed by atoms with E-state index in [1.165, 1.54) is 24.3 Å². The minimum Gasteiger partial charge on any atom is -0.366 e. The number of amides is 2. The number of hydrogen-bond acceptors (Lipinski definition) is 7. The van der Waals surface area contributed by atoms with Gasteiger partial charge in [-0.05, 0) is 50.2 Å². The van der Waals surface area contributed by atoms with E-state index in [1.807, 2.05) is 4.90 Å². The van der Waals surface area contributed by atoms with Gasteiger partial charge in [0.2, 0.25) is 21.8 Å². The van der Waals surface area contributed by atoms with Crippen molar-refractivity contribution in [1.29, 1.82) is 5.26 Å². The first-order valence-corrected chi connectivity index (χ1v) is 12.7. The van der Waals surface area contributed by atoms with Crippen molar-refractivity contribution in [2.45, 2.75) is 36.1 Å². The minimum absolute atomic E-state index is 0.0982. The molecular weight excluding hydrogens is 513 g/mol. The molecular formula is C24H21F3N4O5S. The number of anilines is 2. The largest absolute Gasteiger partial charge is 0.417 e. The maximum absolute atomic E-state index is 13.6. The van der Waals surface area contributed by atoms with Crippen molar-refractivity contribution in [1.82, 2.24) is 0 Å². The summed E-state index contributed by atoms with van der Waals surface area (Å²) in [5.41, 5.74) is -4.01. The third-order valence-corrected chi connectivity index (χ3v) is 8.21. The van der Waals surface area contributed by atoms with Crippen LogP contribution in [-0.2, 0) is 30.5 Å². The predicted molar refractivity (Wildman–Crippen MR) is 124 cm³/mol. The number of hydrogen-bond donors (Lipinski definition) is 1. The second-order valence-corrected chi connectivity index (χ2v) is 11.5. The van der Waals surface area contributed by atoms with Gasteiger partial charge in [-0.2, -0.15) is 18.4 Å². The molecule has 2 aromatic rings. The fourth-order valence-corrected chi connectivity index (χ4v) is 6.48. The zero-order chi connectivity index (χ0) is 27.1. The summed E-state index contributed by atoms with van der Waals surface area (Å²) in [5, 5.41) is 14.3. The number of fused-ring (bicyclic) bond motifs is 5. The van der Waals surface area contributed by atoms with Crippen molar-refractivity contribution in [3.63, 3.8) is 0 Å². The molecule has 9 nitrogen and oxygen atoms in total. The van der Waals surface area contributed by atoms with Crippen molar-refractivity contribution in [3.8, 4) is 6.07 Å². The van der Waals surface area contributed by atoms with Gasteiger partial charge in [0.15, 0.2) is 0 Å². The average molecular weight is 535 g/mol. The molecule has 2 amide bonds. The Labute approximate surface area is 210 Å². The first kappa shape index (κ1) is 25.2. The summed E-state index contributed by atoms with van der Waals surface area (Å²) in [6.45, 7) is 3.54. The van der Waals surface area contributed by atoms with Gasteiger partial charge in [-0.3, -0.25) is 9.59 Å². The maximum Gasteiger partial charge on any atom is 0.417 e. The van der Waals surface area contributed by atoms with Crippen LogP contribution in [-0.4, -0.2) is 44.5 Å². The van der Waals surface area contributed by atoms with Gasteiger partial charge in [0.25, 0.3) is 0 Å². The van der Waals surface area contributed by atoms with Crippen LogP contribution in [0.2, 0.25) is 0 Å². The zero-order valence-electron chi connectivity index (χ0n) is 19.6. The van der Waals surface area contributed by atoms with Gasteiger partial charge in [-0.15, -0.1) is 0 Å². The molecule has 0 unspecified atom stereocenters. The maximum atomic E-state index is 13.6. The van der Waals surface area contributed by atoms with E-state index in [2.05, 4.69) is 0 Å². The lowest BCUT2D eigenvalue weighted by Crippen LogP contribution is -2.58. The van der Waals surface area contributed by atoms with E-state index in [9.17, 15) is 31.2 Å². The molecule has 3 heterocycles. The number of carbonyl (C=O) groups excluding carboxylic acids is 2. The summed E-state index contributed by atoms with van der Waals surface area (Å²) in [7, 11) is -3.97. The van der Waals surface area contributed by atoms with Crippen LogP contribution in [0, 0.1) is 23.2 Å². The molecule has 13 heteroatoms. The monoisotopic (exact) mass is 534 g/mol. The highest BCUT2D eigenvalue weighted by Gasteiger charge is 2.71. The van der Waals surface area contributed by atoms with E-state index in [-0.39, 0.29) is 23.7 Å². The number of imide groups is 1. The molecule has 2 N–H and O–H groups in total. The number of nitriles is 1. The fraction of sp³-hybridized carbons (Fsp3) is 0.375. The Kier molecular flexibility index (Phi) is 5.29. The van der Waals surface area contributed by atoms with E-state index in [0.717, 1.165) is 17.0 Å². The standard InChI is InChI=1S/C24H21F3N4O5S/c1-22-11-30(14-4-3-5-16(8-14)37(29,34)35)12-23(2,36-22)19-18(22)20(32)31(21(19)33)15-7-6-13(10-28)17(9-15)24(25,26)27/h3-9,18-19H,11-12H2,1-2H3,(H2,29,34,35)/t18-,19+,22-,23+. The van der Waals surface area contributed by atoms with E-state index in [4.69, 9.17) is 15.1 Å². The van der Waals surface area contributed by atoms with Gasteiger partial charge in [-0.25, -0.2) is 18.5 Å². The first-order valence-electron chi connectivity index (χ1n) is 11.2. The van der Waals surface area contributed by atoms with Crippen molar-refractivity contribution in [2.75, 3.05) is 22.9 Å². The summed E-state index contributed by atoms with van der Waals surface area (Å²) >= 11 is 0. The summed E-state index contributed by atoms with van der Waals surface area (Å²) in [6.07, 6.45) is -4.85. The predicted octanol–water partition coefficient (Wildman–Crippen LogP) is 2.40. The van der Waals surface area contributed by atoms with E-state index in [1.54, 1.807) is 19.9 Å². The lowest BCUT2D eigenvalue weighted by Gasteiger charge is -2.46. The number of carbonyl (C=O) groups is 2. The Hall–Kier alpha value is -3.47. The average Bonchev–Trinajstić information content (AvgIpc) is 3.17. The number of ether oxygens (including phenoxy) is 1. The molecule has 5 rings (SSSR count). The number of nitrogens with two attached hydrogens (primary N) is 1. The van der Waals surface area contributed by atoms with Gasteiger partial charge in [0.1, 0.15) is 0 Å². The molecule has 3 aliphatic heterocycles. The van der Waals surface area contributed by atoms with E-state index < -0.39 is 62.2 Å². The first-order chi connectivity index (χ1) is 17.1. The van der Waals surface area contributed by atoms with Crippen molar-refractivity contribution >= 4 is 33.2 Å². The number of benzene rings is 2. The highest BCUT2D eigenvalue weighted by Crippen LogP contribution is 2.56. The quantitative estimate of drug-likeness (QED) is 0.598. The number of alkyl halides is 3. The topological polar surface area (TPSA) is 134 Å². The van der Waals surface area contributed by atoms with Gasteiger partial charge < -0.3 is 9.64 Å². The zero-order valence-corrected chi connectivity index (χ0v) is 20.4. The van der Waals surface area contributed by atoms with Crippen LogP contribution in [0.1, 0.15) is 25.0 Å². The summed E-state index contributed by atoms with van der Waals surface area (Å²) < 4.78 is 70.5. The Morgan fingerprint density at radius 2 is 1.62 bits per heavy atom. The Balaban J connectivity index is 1.53. The van der Waals surface area contributed by atoms with Gasteiger partial charge in [0.05, 0.1) is 50.8 Å². The lowest BCUT2D eigenvalue weighted by atomic mass is 9.79. The molecule has 3 saturated heterocycles. The number of sulfonamides is 1. The van der Waals surface area contributed by atoms with Crippen LogP contribution >= 0.6 is 0 Å². The van der Waals surface area contributed by atoms with Gasteiger partial charge in [-0.1, -0.05) is 6.07 Å². The Bertz CT molecular complexity index is 1470. The Morgan fingerprint density at radius 3 is 2.14 bits per heavy atom. The molecule has 37 heavy (non-hydrogen) atoms. The van der Waals surface area contributed by atoms with Crippen molar-refractivity contribution in [3.05, 3.63) is 53.6 Å². The number of rotatable bonds is 3. The molecule has 0 saturated carbocycles. The van der Waals surface area contributed by atoms with Crippen LogP contribution in [0.5, 0.6) is 0 Å². The molecule has 2 bridgehead atoms. The van der Waals surface area contributed by atoms with Gasteiger partial charge in [0, 0.05) is 18.8 Å². The van der Waals surface area contributed by atoms with Crippen LogP contribution in [0.4, 0.5) is 24.5 Å². The molecule has 3 aliphatic rings. The van der Waals surface area contributed by atoms with Crippen LogP contribution in [0.3, 0.4) is 0 Å².